The van der Waals surface area contributed by atoms with E-state index in [1.807, 2.05) is 5.70 Å². The quantitative estimate of drug-likeness (QED) is 0.574. The van der Waals surface area contributed by atoms with Crippen molar-refractivity contribution >= 4 is 8.56 Å². The van der Waals surface area contributed by atoms with Crippen molar-refractivity contribution in [1.82, 2.24) is 0 Å². The lowest BCUT2D eigenvalue weighted by atomic mass is 10.2. The molecule has 0 rings (SSSR count). The Balaban J connectivity index is 4.68. The van der Waals surface area contributed by atoms with Gasteiger partial charge in [0.25, 0.3) is 0 Å². The van der Waals surface area contributed by atoms with Gasteiger partial charge in [0.1, 0.15) is 0 Å². The number of hydrogen-bond acceptors (Lipinski definition) is 2. The second kappa shape index (κ2) is 8.06. The summed E-state index contributed by atoms with van der Waals surface area (Å²) in [4.78, 5) is 0. The molecule has 0 saturated heterocycles. The van der Waals surface area contributed by atoms with Crippen molar-refractivity contribution in [3.05, 3.63) is 12.3 Å². The summed E-state index contributed by atoms with van der Waals surface area (Å²) in [5.41, 5.74) is 2.42. The average Bonchev–Trinajstić information content (AvgIpc) is 2.28. The summed E-state index contributed by atoms with van der Waals surface area (Å²) < 4.78 is 12.3. The van der Waals surface area contributed by atoms with Gasteiger partial charge in [-0.15, -0.1) is 6.58 Å². The van der Waals surface area contributed by atoms with E-state index in [0.29, 0.717) is 17.4 Å². The third-order valence-electron chi connectivity index (χ3n) is 2.87. The Morgan fingerprint density at radius 2 is 1.41 bits per heavy atom. The van der Waals surface area contributed by atoms with Crippen LogP contribution in [0.2, 0.25) is 5.54 Å². The molecule has 17 heavy (non-hydrogen) atoms. The van der Waals surface area contributed by atoms with Crippen LogP contribution in [0.1, 0.15) is 48.0 Å². The molecule has 0 aromatic carbocycles. The van der Waals surface area contributed by atoms with Crippen molar-refractivity contribution in [1.29, 1.82) is 0 Å². The minimum atomic E-state index is -2.23. The van der Waals surface area contributed by atoms with Crippen molar-refractivity contribution in [2.45, 2.75) is 53.5 Å². The maximum atomic E-state index is 6.14. The predicted molar refractivity (Wildman–Crippen MR) is 77.2 cm³/mol. The zero-order valence-electron chi connectivity index (χ0n) is 12.5. The summed E-state index contributed by atoms with van der Waals surface area (Å²) in [5, 5.41) is 0. The van der Waals surface area contributed by atoms with Crippen LogP contribution in [0.4, 0.5) is 0 Å². The normalized spacial score (nSPS) is 14.4. The molecule has 0 aromatic rings. The van der Waals surface area contributed by atoms with E-state index in [4.69, 9.17) is 8.85 Å². The van der Waals surface area contributed by atoms with Crippen LogP contribution in [0, 0.1) is 11.8 Å². The molecular formula is C14H30O2Si. The SMILES string of the molecule is C=C[Si](OCC(C)C)(OCC(C)C)C(C)CC. The Bertz CT molecular complexity index is 202. The second-order valence-electron chi connectivity index (χ2n) is 5.64. The van der Waals surface area contributed by atoms with Crippen molar-refractivity contribution in [3.8, 4) is 0 Å². The molecule has 0 radical (unpaired) electrons. The first kappa shape index (κ1) is 16.9. The van der Waals surface area contributed by atoms with Gasteiger partial charge in [0.05, 0.1) is 0 Å². The molecule has 0 heterocycles. The monoisotopic (exact) mass is 258 g/mol. The zero-order chi connectivity index (χ0) is 13.5. The minimum absolute atomic E-state index is 0.456. The summed E-state index contributed by atoms with van der Waals surface area (Å²) >= 11 is 0. The highest BCUT2D eigenvalue weighted by molar-refractivity contribution is 6.74. The van der Waals surface area contributed by atoms with Crippen LogP contribution in [0.15, 0.2) is 12.3 Å². The fraction of sp³-hybridized carbons (Fsp3) is 0.857. The Kier molecular flexibility index (Phi) is 8.00. The van der Waals surface area contributed by atoms with Gasteiger partial charge in [0.2, 0.25) is 0 Å². The van der Waals surface area contributed by atoms with Gasteiger partial charge in [-0.1, -0.05) is 48.0 Å². The van der Waals surface area contributed by atoms with Crippen LogP contribution >= 0.6 is 0 Å². The van der Waals surface area contributed by atoms with Crippen LogP contribution < -0.4 is 0 Å². The highest BCUT2D eigenvalue weighted by atomic mass is 28.4. The third kappa shape index (κ3) is 5.84. The molecule has 2 nitrogen and oxygen atoms in total. The fourth-order valence-electron chi connectivity index (χ4n) is 1.52. The van der Waals surface area contributed by atoms with Gasteiger partial charge in [0, 0.05) is 18.8 Å². The van der Waals surface area contributed by atoms with Crippen LogP contribution in [-0.2, 0) is 8.85 Å². The second-order valence-corrected chi connectivity index (χ2v) is 9.06. The van der Waals surface area contributed by atoms with E-state index in [0.717, 1.165) is 19.6 Å². The first-order chi connectivity index (χ1) is 7.88. The molecule has 0 aliphatic rings. The van der Waals surface area contributed by atoms with E-state index < -0.39 is 8.56 Å². The van der Waals surface area contributed by atoms with Gasteiger partial charge in [-0.05, 0) is 17.5 Å². The number of hydrogen-bond donors (Lipinski definition) is 0. The van der Waals surface area contributed by atoms with Gasteiger partial charge < -0.3 is 8.85 Å². The molecule has 0 aliphatic carbocycles. The summed E-state index contributed by atoms with van der Waals surface area (Å²) in [5.74, 6) is 1.07. The maximum absolute atomic E-state index is 6.14. The Morgan fingerprint density at radius 1 is 1.00 bits per heavy atom. The average molecular weight is 258 g/mol. The van der Waals surface area contributed by atoms with E-state index in [1.165, 1.54) is 0 Å². The molecule has 1 atom stereocenters. The lowest BCUT2D eigenvalue weighted by Crippen LogP contribution is -2.46. The molecule has 0 aliphatic heterocycles. The van der Waals surface area contributed by atoms with E-state index in [2.05, 4.69) is 48.1 Å². The number of rotatable bonds is 9. The highest BCUT2D eigenvalue weighted by Crippen LogP contribution is 2.29. The standard InChI is InChI=1S/C14H30O2Si/c1-8-14(7)17(9-2,15-10-12(3)4)16-11-13(5)6/h9,12-14H,2,8,10-11H2,1,3-7H3. The molecule has 1 unspecified atom stereocenters. The van der Waals surface area contributed by atoms with Crippen molar-refractivity contribution in [3.63, 3.8) is 0 Å². The Labute approximate surface area is 109 Å². The van der Waals surface area contributed by atoms with Crippen LogP contribution in [-0.4, -0.2) is 21.8 Å². The fourth-order valence-corrected chi connectivity index (χ4v) is 4.57. The summed E-state index contributed by atoms with van der Waals surface area (Å²) in [7, 11) is -2.23. The smallest absolute Gasteiger partial charge is 0.367 e. The summed E-state index contributed by atoms with van der Waals surface area (Å²) in [6.45, 7) is 18.6. The van der Waals surface area contributed by atoms with Crippen molar-refractivity contribution in [2.24, 2.45) is 11.8 Å². The Hall–Kier alpha value is -0.123. The van der Waals surface area contributed by atoms with Crippen LogP contribution in [0.5, 0.6) is 0 Å². The van der Waals surface area contributed by atoms with E-state index in [-0.39, 0.29) is 0 Å². The van der Waals surface area contributed by atoms with Gasteiger partial charge in [-0.2, -0.15) is 0 Å². The molecular weight excluding hydrogens is 228 g/mol. The third-order valence-corrected chi connectivity index (χ3v) is 6.46. The molecule has 0 N–H and O–H groups in total. The maximum Gasteiger partial charge on any atom is 0.367 e. The summed E-state index contributed by atoms with van der Waals surface area (Å²) in [6, 6.07) is 0. The van der Waals surface area contributed by atoms with Crippen LogP contribution in [0.3, 0.4) is 0 Å². The van der Waals surface area contributed by atoms with Crippen LogP contribution in [0.25, 0.3) is 0 Å². The Morgan fingerprint density at radius 3 is 1.65 bits per heavy atom. The molecule has 3 heteroatoms. The van der Waals surface area contributed by atoms with Crippen molar-refractivity contribution < 1.29 is 8.85 Å². The topological polar surface area (TPSA) is 18.5 Å². The minimum Gasteiger partial charge on any atom is -0.391 e. The first-order valence-corrected chi connectivity index (χ1v) is 8.76. The van der Waals surface area contributed by atoms with Gasteiger partial charge in [0.15, 0.2) is 0 Å². The first-order valence-electron chi connectivity index (χ1n) is 6.79. The van der Waals surface area contributed by atoms with E-state index in [1.54, 1.807) is 0 Å². The van der Waals surface area contributed by atoms with E-state index in [9.17, 15) is 0 Å². The van der Waals surface area contributed by atoms with Gasteiger partial charge in [-0.3, -0.25) is 0 Å². The van der Waals surface area contributed by atoms with Crippen molar-refractivity contribution in [2.75, 3.05) is 13.2 Å². The van der Waals surface area contributed by atoms with E-state index >= 15 is 0 Å². The molecule has 0 bridgehead atoms. The molecule has 0 saturated carbocycles. The predicted octanol–water partition coefficient (Wildman–Crippen LogP) is 4.30. The zero-order valence-corrected chi connectivity index (χ0v) is 13.5. The summed E-state index contributed by atoms with van der Waals surface area (Å²) in [6.07, 6.45) is 1.08. The molecule has 0 aromatic heterocycles. The molecule has 102 valence electrons. The largest absolute Gasteiger partial charge is 0.391 e. The lowest BCUT2D eigenvalue weighted by Gasteiger charge is -2.34. The molecule has 0 fully saturated rings. The molecule has 0 amide bonds. The highest BCUT2D eigenvalue weighted by Gasteiger charge is 2.40. The van der Waals surface area contributed by atoms with Gasteiger partial charge >= 0.3 is 8.56 Å². The lowest BCUT2D eigenvalue weighted by molar-refractivity contribution is 0.139. The van der Waals surface area contributed by atoms with Gasteiger partial charge in [-0.25, -0.2) is 0 Å². The molecule has 0 spiro atoms.